The average molecular weight is 300 g/mol. The molecule has 0 aliphatic carbocycles. The van der Waals surface area contributed by atoms with Crippen molar-refractivity contribution in [1.29, 1.82) is 0 Å². The van der Waals surface area contributed by atoms with Gasteiger partial charge in [-0.2, -0.15) is 0 Å². The first kappa shape index (κ1) is 14.7. The zero-order valence-electron chi connectivity index (χ0n) is 12.7. The van der Waals surface area contributed by atoms with Crippen molar-refractivity contribution in [2.24, 2.45) is 0 Å². The number of pyridine rings is 1. The summed E-state index contributed by atoms with van der Waals surface area (Å²) in [7, 11) is 1.61. The van der Waals surface area contributed by atoms with Crippen LogP contribution in [0.2, 0.25) is 0 Å². The monoisotopic (exact) mass is 300 g/mol. The fraction of sp³-hybridized carbons (Fsp3) is 0.438. The fourth-order valence-corrected chi connectivity index (χ4v) is 2.58. The largest absolute Gasteiger partial charge is 0.481 e. The highest BCUT2D eigenvalue weighted by Crippen LogP contribution is 2.22. The van der Waals surface area contributed by atoms with E-state index in [0.29, 0.717) is 12.5 Å². The highest BCUT2D eigenvalue weighted by Gasteiger charge is 2.22. The summed E-state index contributed by atoms with van der Waals surface area (Å²) in [6.07, 6.45) is 5.66. The van der Waals surface area contributed by atoms with E-state index in [1.165, 1.54) is 6.33 Å². The van der Waals surface area contributed by atoms with Crippen LogP contribution < -0.4 is 9.64 Å². The van der Waals surface area contributed by atoms with E-state index in [1.54, 1.807) is 13.3 Å². The van der Waals surface area contributed by atoms with Crippen molar-refractivity contribution in [2.45, 2.75) is 25.6 Å². The summed E-state index contributed by atoms with van der Waals surface area (Å²) in [5.41, 5.74) is 0.961. The van der Waals surface area contributed by atoms with Crippen molar-refractivity contribution in [2.75, 3.05) is 25.1 Å². The van der Waals surface area contributed by atoms with E-state index in [9.17, 15) is 0 Å². The fourth-order valence-electron chi connectivity index (χ4n) is 2.58. The van der Waals surface area contributed by atoms with Gasteiger partial charge in [-0.25, -0.2) is 9.97 Å². The number of methoxy groups -OCH3 is 1. The number of aromatic nitrogens is 3. The number of anilines is 1. The third-order valence-electron chi connectivity index (χ3n) is 3.73. The third-order valence-corrected chi connectivity index (χ3v) is 3.73. The summed E-state index contributed by atoms with van der Waals surface area (Å²) in [6, 6.07) is 7.73. The van der Waals surface area contributed by atoms with Crippen LogP contribution >= 0.6 is 0 Å². The maximum absolute atomic E-state index is 6.00. The molecule has 1 atom stereocenters. The van der Waals surface area contributed by atoms with Crippen LogP contribution in [-0.4, -0.2) is 41.3 Å². The highest BCUT2D eigenvalue weighted by atomic mass is 16.5. The number of nitrogens with zero attached hydrogens (tertiary/aromatic N) is 4. The molecule has 0 bridgehead atoms. The molecule has 6 heteroatoms. The number of rotatable bonds is 5. The molecule has 0 aromatic carbocycles. The highest BCUT2D eigenvalue weighted by molar-refractivity contribution is 5.41. The first-order valence-electron chi connectivity index (χ1n) is 7.47. The van der Waals surface area contributed by atoms with Crippen molar-refractivity contribution < 1.29 is 9.47 Å². The summed E-state index contributed by atoms with van der Waals surface area (Å²) in [5, 5.41) is 0. The van der Waals surface area contributed by atoms with E-state index < -0.39 is 0 Å². The van der Waals surface area contributed by atoms with Gasteiger partial charge in [-0.1, -0.05) is 6.07 Å². The number of hydrogen-bond donors (Lipinski definition) is 0. The molecule has 1 fully saturated rings. The lowest BCUT2D eigenvalue weighted by Crippen LogP contribution is -2.40. The SMILES string of the molecule is COc1cc(N2CCCC(OCc3ccccn3)C2)ncn1. The Balaban J connectivity index is 1.59. The second-order valence-corrected chi connectivity index (χ2v) is 5.26. The molecular weight excluding hydrogens is 280 g/mol. The quantitative estimate of drug-likeness (QED) is 0.842. The average Bonchev–Trinajstić information content (AvgIpc) is 2.61. The maximum atomic E-state index is 6.00. The Morgan fingerprint density at radius 1 is 1.27 bits per heavy atom. The molecule has 6 nitrogen and oxygen atoms in total. The van der Waals surface area contributed by atoms with Gasteiger partial charge in [0.15, 0.2) is 0 Å². The predicted octanol–water partition coefficient (Wildman–Crippen LogP) is 2.07. The number of piperidine rings is 1. The first-order valence-corrected chi connectivity index (χ1v) is 7.47. The van der Waals surface area contributed by atoms with Crippen LogP contribution in [0, 0.1) is 0 Å². The Morgan fingerprint density at radius 3 is 3.05 bits per heavy atom. The third kappa shape index (κ3) is 3.71. The van der Waals surface area contributed by atoms with E-state index >= 15 is 0 Å². The lowest BCUT2D eigenvalue weighted by atomic mass is 10.1. The molecule has 2 aromatic heterocycles. The normalized spacial score (nSPS) is 18.2. The lowest BCUT2D eigenvalue weighted by Gasteiger charge is -2.33. The van der Waals surface area contributed by atoms with Crippen LogP contribution in [0.5, 0.6) is 5.88 Å². The predicted molar refractivity (Wildman–Crippen MR) is 82.8 cm³/mol. The number of hydrogen-bond acceptors (Lipinski definition) is 6. The van der Waals surface area contributed by atoms with Gasteiger partial charge in [-0.05, 0) is 25.0 Å². The molecule has 0 radical (unpaired) electrons. The smallest absolute Gasteiger partial charge is 0.218 e. The van der Waals surface area contributed by atoms with Gasteiger partial charge in [0, 0.05) is 25.4 Å². The Labute approximate surface area is 130 Å². The Bertz CT molecular complexity index is 594. The van der Waals surface area contributed by atoms with Crippen LogP contribution in [0.4, 0.5) is 5.82 Å². The van der Waals surface area contributed by atoms with Crippen LogP contribution in [0.1, 0.15) is 18.5 Å². The minimum Gasteiger partial charge on any atom is -0.481 e. The van der Waals surface area contributed by atoms with Gasteiger partial charge >= 0.3 is 0 Å². The molecule has 0 N–H and O–H groups in total. The molecule has 0 saturated carbocycles. The Hall–Kier alpha value is -2.21. The molecular formula is C16H20N4O2. The molecule has 0 amide bonds. The van der Waals surface area contributed by atoms with Gasteiger partial charge in [0.25, 0.3) is 0 Å². The van der Waals surface area contributed by atoms with Gasteiger partial charge < -0.3 is 14.4 Å². The van der Waals surface area contributed by atoms with Crippen molar-refractivity contribution in [3.05, 3.63) is 42.5 Å². The minimum atomic E-state index is 0.191. The standard InChI is InChI=1S/C16H20N4O2/c1-21-16-9-15(18-12-19-16)20-8-4-6-14(10-20)22-11-13-5-2-3-7-17-13/h2-3,5,7,9,12,14H,4,6,8,10-11H2,1H3. The minimum absolute atomic E-state index is 0.191. The van der Waals surface area contributed by atoms with Crippen molar-refractivity contribution in [3.63, 3.8) is 0 Å². The van der Waals surface area contributed by atoms with Crippen molar-refractivity contribution in [1.82, 2.24) is 15.0 Å². The van der Waals surface area contributed by atoms with Crippen molar-refractivity contribution >= 4 is 5.82 Å². The van der Waals surface area contributed by atoms with Crippen molar-refractivity contribution in [3.8, 4) is 5.88 Å². The summed E-state index contributed by atoms with van der Waals surface area (Å²) in [6.45, 7) is 2.35. The zero-order chi connectivity index (χ0) is 15.2. The van der Waals surface area contributed by atoms with E-state index in [4.69, 9.17) is 9.47 Å². The summed E-state index contributed by atoms with van der Waals surface area (Å²) >= 11 is 0. The van der Waals surface area contributed by atoms with E-state index in [2.05, 4.69) is 19.9 Å². The molecule has 1 unspecified atom stereocenters. The van der Waals surface area contributed by atoms with Crippen LogP contribution in [-0.2, 0) is 11.3 Å². The van der Waals surface area contributed by atoms with Crippen LogP contribution in [0.25, 0.3) is 0 Å². The van der Waals surface area contributed by atoms with Gasteiger partial charge in [0.05, 0.1) is 25.5 Å². The summed E-state index contributed by atoms with van der Waals surface area (Å²) in [5.74, 6) is 1.47. The second kappa shape index (κ2) is 7.17. The van der Waals surface area contributed by atoms with E-state index in [-0.39, 0.29) is 6.10 Å². The van der Waals surface area contributed by atoms with Crippen LogP contribution in [0.3, 0.4) is 0 Å². The maximum Gasteiger partial charge on any atom is 0.218 e. The van der Waals surface area contributed by atoms with Crippen LogP contribution in [0.15, 0.2) is 36.8 Å². The Kier molecular flexibility index (Phi) is 4.80. The van der Waals surface area contributed by atoms with Gasteiger partial charge in [0.1, 0.15) is 12.1 Å². The molecule has 3 rings (SSSR count). The molecule has 2 aromatic rings. The van der Waals surface area contributed by atoms with Gasteiger partial charge in [-0.15, -0.1) is 0 Å². The second-order valence-electron chi connectivity index (χ2n) is 5.26. The zero-order valence-corrected chi connectivity index (χ0v) is 12.7. The molecule has 1 saturated heterocycles. The molecule has 1 aliphatic rings. The molecule has 116 valence electrons. The first-order chi connectivity index (χ1) is 10.8. The van der Waals surface area contributed by atoms with Gasteiger partial charge in [-0.3, -0.25) is 4.98 Å². The molecule has 3 heterocycles. The van der Waals surface area contributed by atoms with E-state index in [0.717, 1.165) is 37.4 Å². The lowest BCUT2D eigenvalue weighted by molar-refractivity contribution is 0.0297. The Morgan fingerprint density at radius 2 is 2.23 bits per heavy atom. The molecule has 22 heavy (non-hydrogen) atoms. The van der Waals surface area contributed by atoms with E-state index in [1.807, 2.05) is 24.3 Å². The summed E-state index contributed by atoms with van der Waals surface area (Å²) in [4.78, 5) is 14.9. The topological polar surface area (TPSA) is 60.4 Å². The number of ether oxygens (including phenoxy) is 2. The van der Waals surface area contributed by atoms with Gasteiger partial charge in [0.2, 0.25) is 5.88 Å². The molecule has 1 aliphatic heterocycles. The molecule has 0 spiro atoms. The summed E-state index contributed by atoms with van der Waals surface area (Å²) < 4.78 is 11.2.